The fraction of sp³-hybridized carbons (Fsp3) is 0.312. The highest BCUT2D eigenvalue weighted by atomic mass is 32.2. The Morgan fingerprint density at radius 1 is 1.41 bits per heavy atom. The van der Waals surface area contributed by atoms with Crippen molar-refractivity contribution < 1.29 is 14.1 Å². The first-order valence-corrected chi connectivity index (χ1v) is 8.08. The third kappa shape index (κ3) is 3.22. The minimum Gasteiger partial charge on any atom is -0.338 e. The van der Waals surface area contributed by atoms with Crippen molar-refractivity contribution in [1.82, 2.24) is 5.16 Å². The zero-order chi connectivity index (χ0) is 15.5. The van der Waals surface area contributed by atoms with Gasteiger partial charge in [0.1, 0.15) is 5.69 Å². The lowest BCUT2D eigenvalue weighted by atomic mass is 10.1. The van der Waals surface area contributed by atoms with E-state index in [1.54, 1.807) is 17.9 Å². The molecule has 1 amide bonds. The van der Waals surface area contributed by atoms with E-state index in [1.165, 1.54) is 11.8 Å². The zero-order valence-electron chi connectivity index (χ0n) is 12.2. The van der Waals surface area contributed by atoms with Gasteiger partial charge in [-0.1, -0.05) is 47.3 Å². The first kappa shape index (κ1) is 14.8. The van der Waals surface area contributed by atoms with Gasteiger partial charge >= 0.3 is 0 Å². The van der Waals surface area contributed by atoms with E-state index in [-0.39, 0.29) is 16.9 Å². The molecule has 0 aliphatic carbocycles. The van der Waals surface area contributed by atoms with Gasteiger partial charge < -0.3 is 4.52 Å². The first-order valence-electron chi connectivity index (χ1n) is 7.09. The number of rotatable bonds is 4. The molecule has 0 saturated carbocycles. The van der Waals surface area contributed by atoms with Gasteiger partial charge in [0, 0.05) is 37.3 Å². The highest BCUT2D eigenvalue weighted by Gasteiger charge is 2.33. The highest BCUT2D eigenvalue weighted by Crippen LogP contribution is 2.30. The predicted molar refractivity (Wildman–Crippen MR) is 85.5 cm³/mol. The summed E-state index contributed by atoms with van der Waals surface area (Å²) in [5, 5.41) is 4.12. The van der Waals surface area contributed by atoms with Crippen LogP contribution in [0.3, 0.4) is 0 Å². The van der Waals surface area contributed by atoms with E-state index >= 15 is 0 Å². The molecule has 0 spiro atoms. The Morgan fingerprint density at radius 2 is 2.18 bits per heavy atom. The Balaban J connectivity index is 1.71. The molecule has 1 saturated heterocycles. The van der Waals surface area contributed by atoms with Crippen molar-refractivity contribution in [2.75, 3.05) is 17.2 Å². The van der Waals surface area contributed by atoms with Crippen LogP contribution in [-0.4, -0.2) is 28.5 Å². The molecule has 1 aliphatic heterocycles. The van der Waals surface area contributed by atoms with Crippen LogP contribution in [0.1, 0.15) is 13.3 Å². The number of hydrogen-bond donors (Lipinski definition) is 0. The van der Waals surface area contributed by atoms with Gasteiger partial charge in [0.15, 0.2) is 5.12 Å². The van der Waals surface area contributed by atoms with Crippen LogP contribution in [0, 0.1) is 5.92 Å². The topological polar surface area (TPSA) is 63.4 Å². The average molecular weight is 316 g/mol. The van der Waals surface area contributed by atoms with Crippen LogP contribution in [0.4, 0.5) is 5.88 Å². The SMILES string of the molecule is CC(=O)SCC1CC(=O)N(c2cc(-c3ccccc3)no2)C1. The summed E-state index contributed by atoms with van der Waals surface area (Å²) in [5.74, 6) is 1.33. The minimum absolute atomic E-state index is 0.0184. The molecule has 1 unspecified atom stereocenters. The Hall–Kier alpha value is -2.08. The monoisotopic (exact) mass is 316 g/mol. The number of carbonyl (C=O) groups is 2. The van der Waals surface area contributed by atoms with E-state index in [2.05, 4.69) is 5.16 Å². The number of carbonyl (C=O) groups excluding carboxylic acids is 2. The number of aromatic nitrogens is 1. The number of thioether (sulfide) groups is 1. The van der Waals surface area contributed by atoms with Crippen molar-refractivity contribution in [3.8, 4) is 11.3 Å². The van der Waals surface area contributed by atoms with Crippen molar-refractivity contribution >= 4 is 28.7 Å². The summed E-state index contributed by atoms with van der Waals surface area (Å²) < 4.78 is 5.33. The second kappa shape index (κ2) is 6.36. The predicted octanol–water partition coefficient (Wildman–Crippen LogP) is 2.97. The van der Waals surface area contributed by atoms with Gasteiger partial charge in [0.2, 0.25) is 11.8 Å². The molecule has 6 heteroatoms. The number of hydrogen-bond acceptors (Lipinski definition) is 5. The molecule has 114 valence electrons. The number of anilines is 1. The van der Waals surface area contributed by atoms with Crippen LogP contribution < -0.4 is 4.90 Å². The summed E-state index contributed by atoms with van der Waals surface area (Å²) in [5.41, 5.74) is 1.66. The summed E-state index contributed by atoms with van der Waals surface area (Å²) in [6.45, 7) is 2.12. The molecule has 22 heavy (non-hydrogen) atoms. The molecule has 2 aromatic rings. The van der Waals surface area contributed by atoms with Crippen LogP contribution in [0.15, 0.2) is 40.9 Å². The van der Waals surface area contributed by atoms with Crippen LogP contribution in [0.2, 0.25) is 0 Å². The van der Waals surface area contributed by atoms with E-state index in [0.717, 1.165) is 5.56 Å². The van der Waals surface area contributed by atoms with Crippen LogP contribution in [0.25, 0.3) is 11.3 Å². The quantitative estimate of drug-likeness (QED) is 0.867. The van der Waals surface area contributed by atoms with Gasteiger partial charge in [-0.2, -0.15) is 0 Å². The third-order valence-corrected chi connectivity index (χ3v) is 4.61. The van der Waals surface area contributed by atoms with Crippen molar-refractivity contribution in [2.45, 2.75) is 13.3 Å². The van der Waals surface area contributed by atoms with Gasteiger partial charge in [-0.3, -0.25) is 14.5 Å². The van der Waals surface area contributed by atoms with E-state index in [0.29, 0.717) is 30.3 Å². The number of benzene rings is 1. The fourth-order valence-electron chi connectivity index (χ4n) is 2.48. The normalized spacial score (nSPS) is 18.0. The summed E-state index contributed by atoms with van der Waals surface area (Å²) in [6, 6.07) is 11.5. The largest absolute Gasteiger partial charge is 0.338 e. The Bertz CT molecular complexity index is 684. The van der Waals surface area contributed by atoms with Gasteiger partial charge in [-0.05, 0) is 5.92 Å². The van der Waals surface area contributed by atoms with Crippen molar-refractivity contribution in [1.29, 1.82) is 0 Å². The molecule has 3 rings (SSSR count). The zero-order valence-corrected chi connectivity index (χ0v) is 13.0. The van der Waals surface area contributed by atoms with Gasteiger partial charge in [-0.25, -0.2) is 0 Å². The van der Waals surface area contributed by atoms with Crippen molar-refractivity contribution in [3.05, 3.63) is 36.4 Å². The van der Waals surface area contributed by atoms with E-state index in [9.17, 15) is 9.59 Å². The maximum absolute atomic E-state index is 12.1. The lowest BCUT2D eigenvalue weighted by Crippen LogP contribution is -2.24. The average Bonchev–Trinajstić information content (AvgIpc) is 3.12. The minimum atomic E-state index is 0.0184. The Labute approximate surface area is 132 Å². The molecule has 1 atom stereocenters. The summed E-state index contributed by atoms with van der Waals surface area (Å²) >= 11 is 1.27. The standard InChI is InChI=1S/C16H16N2O3S/c1-11(19)22-10-12-7-15(20)18(9-12)16-8-14(17-21-16)13-5-3-2-4-6-13/h2-6,8,12H,7,9-10H2,1H3. The summed E-state index contributed by atoms with van der Waals surface area (Å²) in [4.78, 5) is 24.8. The molecule has 0 N–H and O–H groups in total. The maximum Gasteiger partial charge on any atom is 0.234 e. The van der Waals surface area contributed by atoms with E-state index in [4.69, 9.17) is 4.52 Å². The molecular weight excluding hydrogens is 300 g/mol. The van der Waals surface area contributed by atoms with Crippen molar-refractivity contribution in [3.63, 3.8) is 0 Å². The van der Waals surface area contributed by atoms with Gasteiger partial charge in [-0.15, -0.1) is 0 Å². The molecule has 0 radical (unpaired) electrons. The highest BCUT2D eigenvalue weighted by molar-refractivity contribution is 8.13. The second-order valence-corrected chi connectivity index (χ2v) is 6.49. The molecule has 1 aromatic heterocycles. The maximum atomic E-state index is 12.1. The Kier molecular flexibility index (Phi) is 4.29. The fourth-order valence-corrected chi connectivity index (χ4v) is 3.17. The van der Waals surface area contributed by atoms with Crippen LogP contribution >= 0.6 is 11.8 Å². The molecule has 1 fully saturated rings. The summed E-state index contributed by atoms with van der Waals surface area (Å²) in [6.07, 6.45) is 0.446. The molecule has 2 heterocycles. The lowest BCUT2D eigenvalue weighted by Gasteiger charge is -2.11. The first-order chi connectivity index (χ1) is 10.6. The van der Waals surface area contributed by atoms with Gasteiger partial charge in [0.25, 0.3) is 0 Å². The lowest BCUT2D eigenvalue weighted by molar-refractivity contribution is -0.117. The smallest absolute Gasteiger partial charge is 0.234 e. The van der Waals surface area contributed by atoms with Crippen LogP contribution in [0.5, 0.6) is 0 Å². The van der Waals surface area contributed by atoms with E-state index < -0.39 is 0 Å². The molecular formula is C16H16N2O3S. The van der Waals surface area contributed by atoms with E-state index in [1.807, 2.05) is 30.3 Å². The molecule has 0 bridgehead atoms. The van der Waals surface area contributed by atoms with Gasteiger partial charge in [0.05, 0.1) is 0 Å². The number of amides is 1. The molecule has 1 aromatic carbocycles. The molecule has 1 aliphatic rings. The number of nitrogens with zero attached hydrogens (tertiary/aromatic N) is 2. The summed E-state index contributed by atoms with van der Waals surface area (Å²) in [7, 11) is 0. The van der Waals surface area contributed by atoms with Crippen LogP contribution in [-0.2, 0) is 9.59 Å². The van der Waals surface area contributed by atoms with Crippen molar-refractivity contribution in [2.24, 2.45) is 5.92 Å². The molecule has 5 nitrogen and oxygen atoms in total. The Morgan fingerprint density at radius 3 is 2.91 bits per heavy atom. The second-order valence-electron chi connectivity index (χ2n) is 5.29. The third-order valence-electron chi connectivity index (χ3n) is 3.56.